The number of ether oxygens (including phenoxy) is 1. The Bertz CT molecular complexity index is 1120. The number of urea groups is 1. The summed E-state index contributed by atoms with van der Waals surface area (Å²) in [7, 11) is 3.01. The fraction of sp³-hybridized carbons (Fsp3) is 0.154. The van der Waals surface area contributed by atoms with Crippen LogP contribution in [0.5, 0.6) is 5.75 Å². The van der Waals surface area contributed by atoms with Gasteiger partial charge in [0.1, 0.15) is 12.3 Å². The van der Waals surface area contributed by atoms with Gasteiger partial charge in [-0.05, 0) is 41.0 Å². The molecule has 0 aliphatic rings. The third-order valence-electron chi connectivity index (χ3n) is 4.90. The van der Waals surface area contributed by atoms with Crippen LogP contribution in [0.25, 0.3) is 11.1 Å². The molecule has 0 unspecified atom stereocenters. The van der Waals surface area contributed by atoms with Gasteiger partial charge in [0.2, 0.25) is 5.91 Å². The Morgan fingerprint density at radius 3 is 2.18 bits per heavy atom. The first-order chi connectivity index (χ1) is 16.0. The molecule has 0 aliphatic heterocycles. The topological polar surface area (TPSA) is 88.1 Å². The molecule has 0 fully saturated rings. The van der Waals surface area contributed by atoms with E-state index in [9.17, 15) is 14.4 Å². The number of aldehydes is 1. The highest BCUT2D eigenvalue weighted by atomic mass is 16.5. The molecule has 0 bridgehead atoms. The summed E-state index contributed by atoms with van der Waals surface area (Å²) in [5.74, 6) is 0.293. The smallest absolute Gasteiger partial charge is 0.344 e. The fourth-order valence-corrected chi connectivity index (χ4v) is 3.13. The summed E-state index contributed by atoms with van der Waals surface area (Å²) in [6.45, 7) is -0.202. The molecule has 0 saturated heterocycles. The Morgan fingerprint density at radius 1 is 0.939 bits per heavy atom. The van der Waals surface area contributed by atoms with Gasteiger partial charge in [-0.15, -0.1) is 0 Å². The van der Waals surface area contributed by atoms with Gasteiger partial charge in [-0.2, -0.15) is 4.99 Å². The van der Waals surface area contributed by atoms with Crippen molar-refractivity contribution < 1.29 is 19.1 Å². The molecule has 3 aromatic rings. The molecule has 0 spiro atoms. The Hall–Kier alpha value is -4.26. The maximum atomic E-state index is 12.4. The third kappa shape index (κ3) is 6.87. The van der Waals surface area contributed by atoms with Crippen LogP contribution in [0.15, 0.2) is 83.9 Å². The lowest BCUT2D eigenvalue weighted by Crippen LogP contribution is -2.33. The minimum absolute atomic E-state index is 0.0925. The van der Waals surface area contributed by atoms with Crippen LogP contribution in [-0.2, 0) is 16.0 Å². The van der Waals surface area contributed by atoms with E-state index in [1.165, 1.54) is 7.05 Å². The molecule has 0 atom stereocenters. The van der Waals surface area contributed by atoms with Crippen LogP contribution < -0.4 is 10.1 Å². The van der Waals surface area contributed by atoms with E-state index >= 15 is 0 Å². The molecule has 33 heavy (non-hydrogen) atoms. The maximum Gasteiger partial charge on any atom is 0.344 e. The average molecular weight is 444 g/mol. The highest BCUT2D eigenvalue weighted by molar-refractivity contribution is 6.31. The molecule has 7 nitrogen and oxygen atoms in total. The van der Waals surface area contributed by atoms with Crippen molar-refractivity contribution in [3.8, 4) is 16.9 Å². The SMILES string of the molecule is COc1ccc(NC(=O)CN(C)C(=O)N=C(C=O)Cc2ccc(-c3ccccc3)cc2)cc1. The van der Waals surface area contributed by atoms with Crippen molar-refractivity contribution in [3.05, 3.63) is 84.4 Å². The van der Waals surface area contributed by atoms with Gasteiger partial charge in [0, 0.05) is 19.2 Å². The second kappa shape index (κ2) is 11.4. The first-order valence-electron chi connectivity index (χ1n) is 10.3. The van der Waals surface area contributed by atoms with Gasteiger partial charge in [0.15, 0.2) is 6.29 Å². The number of nitrogens with one attached hydrogen (secondary N) is 1. The quantitative estimate of drug-likeness (QED) is 0.417. The second-order valence-electron chi connectivity index (χ2n) is 7.38. The van der Waals surface area contributed by atoms with Crippen LogP contribution in [0, 0.1) is 0 Å². The van der Waals surface area contributed by atoms with Crippen molar-refractivity contribution in [3.63, 3.8) is 0 Å². The molecular formula is C26H25N3O4. The van der Waals surface area contributed by atoms with Crippen molar-refractivity contribution in [2.24, 2.45) is 4.99 Å². The van der Waals surface area contributed by atoms with Gasteiger partial charge in [-0.1, -0.05) is 54.6 Å². The number of likely N-dealkylation sites (N-methyl/N-ethyl adjacent to an activating group) is 1. The lowest BCUT2D eigenvalue weighted by molar-refractivity contribution is -0.116. The highest BCUT2D eigenvalue weighted by Gasteiger charge is 2.14. The largest absolute Gasteiger partial charge is 0.497 e. The number of carbonyl (C=O) groups is 3. The van der Waals surface area contributed by atoms with Crippen molar-refractivity contribution >= 4 is 29.6 Å². The number of hydrogen-bond acceptors (Lipinski definition) is 4. The van der Waals surface area contributed by atoms with Crippen molar-refractivity contribution in [2.45, 2.75) is 6.42 Å². The summed E-state index contributed by atoms with van der Waals surface area (Å²) in [6, 6.07) is 23.8. The molecule has 1 N–H and O–H groups in total. The molecule has 0 aromatic heterocycles. The zero-order valence-electron chi connectivity index (χ0n) is 18.5. The van der Waals surface area contributed by atoms with Crippen molar-refractivity contribution in [2.75, 3.05) is 26.0 Å². The summed E-state index contributed by atoms with van der Waals surface area (Å²) in [5.41, 5.74) is 3.68. The van der Waals surface area contributed by atoms with Crippen molar-refractivity contribution in [1.29, 1.82) is 0 Å². The van der Waals surface area contributed by atoms with Gasteiger partial charge < -0.3 is 15.0 Å². The Balaban J connectivity index is 1.57. The van der Waals surface area contributed by atoms with Gasteiger partial charge >= 0.3 is 6.03 Å². The molecule has 0 heterocycles. The van der Waals surface area contributed by atoms with Crippen molar-refractivity contribution in [1.82, 2.24) is 4.90 Å². The van der Waals surface area contributed by atoms with E-state index in [1.807, 2.05) is 54.6 Å². The van der Waals surface area contributed by atoms with Gasteiger partial charge in [-0.25, -0.2) is 4.79 Å². The number of carbonyl (C=O) groups excluding carboxylic acids is 3. The second-order valence-corrected chi connectivity index (χ2v) is 7.38. The maximum absolute atomic E-state index is 12.4. The Morgan fingerprint density at radius 2 is 1.58 bits per heavy atom. The lowest BCUT2D eigenvalue weighted by atomic mass is 10.0. The third-order valence-corrected chi connectivity index (χ3v) is 4.90. The van der Waals surface area contributed by atoms with E-state index < -0.39 is 6.03 Å². The van der Waals surface area contributed by atoms with Gasteiger partial charge in [-0.3, -0.25) is 9.59 Å². The molecule has 3 rings (SSSR count). The predicted molar refractivity (Wildman–Crippen MR) is 129 cm³/mol. The van der Waals surface area contributed by atoms with E-state index in [2.05, 4.69) is 10.3 Å². The van der Waals surface area contributed by atoms with Gasteiger partial charge in [0.05, 0.1) is 12.8 Å². The van der Waals surface area contributed by atoms with Crippen LogP contribution in [0.1, 0.15) is 5.56 Å². The summed E-state index contributed by atoms with van der Waals surface area (Å²) >= 11 is 0. The number of anilines is 1. The van der Waals surface area contributed by atoms with Crippen LogP contribution in [0.3, 0.4) is 0 Å². The van der Waals surface area contributed by atoms with E-state index in [0.717, 1.165) is 21.6 Å². The van der Waals surface area contributed by atoms with E-state index in [-0.39, 0.29) is 24.6 Å². The number of aliphatic imine (C=N–C) groups is 1. The van der Waals surface area contributed by atoms with E-state index in [0.29, 0.717) is 17.7 Å². The zero-order valence-corrected chi connectivity index (χ0v) is 18.5. The fourth-order valence-electron chi connectivity index (χ4n) is 3.13. The Labute approximate surface area is 192 Å². The highest BCUT2D eigenvalue weighted by Crippen LogP contribution is 2.19. The molecule has 168 valence electrons. The van der Waals surface area contributed by atoms with Crippen LogP contribution in [-0.4, -0.2) is 49.5 Å². The molecule has 0 aliphatic carbocycles. The number of nitrogens with zero attached hydrogens (tertiary/aromatic N) is 2. The Kier molecular flexibility index (Phi) is 8.07. The standard InChI is InChI=1S/C26H25N3O4/c1-29(17-25(31)27-22-12-14-24(33-2)15-13-22)26(32)28-23(18-30)16-19-8-10-21(11-9-19)20-6-4-3-5-7-20/h3-15,18H,16-17H2,1-2H3,(H,27,31). The minimum Gasteiger partial charge on any atom is -0.497 e. The van der Waals surface area contributed by atoms with Crippen LogP contribution in [0.4, 0.5) is 10.5 Å². The lowest BCUT2D eigenvalue weighted by Gasteiger charge is -2.14. The monoisotopic (exact) mass is 443 g/mol. The summed E-state index contributed by atoms with van der Waals surface area (Å²) in [6.07, 6.45) is 0.782. The summed E-state index contributed by atoms with van der Waals surface area (Å²) in [5, 5.41) is 2.70. The molecule has 7 heteroatoms. The van der Waals surface area contributed by atoms with Crippen LogP contribution in [0.2, 0.25) is 0 Å². The minimum atomic E-state index is -0.664. The molecule has 3 aromatic carbocycles. The molecule has 0 radical (unpaired) electrons. The normalized spacial score (nSPS) is 10.9. The van der Waals surface area contributed by atoms with E-state index in [1.54, 1.807) is 31.4 Å². The number of rotatable bonds is 8. The van der Waals surface area contributed by atoms with Crippen LogP contribution >= 0.6 is 0 Å². The molecular weight excluding hydrogens is 418 g/mol. The molecule has 3 amide bonds. The van der Waals surface area contributed by atoms with E-state index in [4.69, 9.17) is 4.74 Å². The number of hydrogen-bond donors (Lipinski definition) is 1. The number of amides is 3. The van der Waals surface area contributed by atoms with Gasteiger partial charge in [0.25, 0.3) is 0 Å². The summed E-state index contributed by atoms with van der Waals surface area (Å²) < 4.78 is 5.08. The number of methoxy groups -OCH3 is 1. The zero-order chi connectivity index (χ0) is 23.6. The predicted octanol–water partition coefficient (Wildman–Crippen LogP) is 4.24. The first kappa shape index (κ1) is 23.4. The first-order valence-corrected chi connectivity index (χ1v) is 10.3. The summed E-state index contributed by atoms with van der Waals surface area (Å²) in [4.78, 5) is 41.1. The number of benzene rings is 3. The molecule has 0 saturated carbocycles. The average Bonchev–Trinajstić information content (AvgIpc) is 2.85.